The molecule has 8 nitrogen and oxygen atoms in total. The molecule has 31 heavy (non-hydrogen) atoms. The van der Waals surface area contributed by atoms with Crippen LogP contribution in [0.15, 0.2) is 36.5 Å². The van der Waals surface area contributed by atoms with Crippen LogP contribution in [0.2, 0.25) is 0 Å². The Morgan fingerprint density at radius 1 is 0.839 bits per heavy atom. The molecule has 5 rings (SSSR count). The van der Waals surface area contributed by atoms with Crippen LogP contribution in [0.1, 0.15) is 35.4 Å². The highest BCUT2D eigenvalue weighted by Gasteiger charge is 2.25. The van der Waals surface area contributed by atoms with Gasteiger partial charge >= 0.3 is 0 Å². The number of rotatable bonds is 3. The number of hydrogen-bond acceptors (Lipinski definition) is 7. The van der Waals surface area contributed by atoms with Gasteiger partial charge < -0.3 is 14.7 Å². The maximum atomic E-state index is 13.0. The molecule has 0 unspecified atom stereocenters. The molecule has 1 amide bonds. The van der Waals surface area contributed by atoms with Gasteiger partial charge in [0.25, 0.3) is 5.91 Å². The van der Waals surface area contributed by atoms with Crippen LogP contribution in [0.4, 0.5) is 11.8 Å². The van der Waals surface area contributed by atoms with Crippen molar-refractivity contribution >= 4 is 28.7 Å². The second kappa shape index (κ2) is 8.45. The average Bonchev–Trinajstić information content (AvgIpc) is 2.83. The number of amides is 1. The molecule has 8 heteroatoms. The molecule has 0 atom stereocenters. The number of benzene rings is 1. The van der Waals surface area contributed by atoms with Crippen molar-refractivity contribution in [2.24, 2.45) is 0 Å². The molecule has 160 valence electrons. The molecule has 0 aliphatic carbocycles. The SMILES string of the molecule is Cc1cc(N2CCCCC2)nc(N2CCN(C(=O)c3cnc4ccccc4n3)CC2)n1. The Hall–Kier alpha value is -3.29. The number of para-hydroxylation sites is 2. The molecule has 2 saturated heterocycles. The van der Waals surface area contributed by atoms with Crippen molar-refractivity contribution in [3.8, 4) is 0 Å². The third-order valence-corrected chi connectivity index (χ3v) is 6.03. The number of anilines is 2. The van der Waals surface area contributed by atoms with Crippen LogP contribution in [-0.2, 0) is 0 Å². The molecule has 2 fully saturated rings. The Kier molecular flexibility index (Phi) is 5.36. The lowest BCUT2D eigenvalue weighted by Gasteiger charge is -2.35. The average molecular weight is 418 g/mol. The van der Waals surface area contributed by atoms with Gasteiger partial charge in [0.1, 0.15) is 11.5 Å². The minimum absolute atomic E-state index is 0.0722. The summed E-state index contributed by atoms with van der Waals surface area (Å²) in [5.74, 6) is 1.71. The van der Waals surface area contributed by atoms with E-state index < -0.39 is 0 Å². The molecular weight excluding hydrogens is 390 g/mol. The highest BCUT2D eigenvalue weighted by molar-refractivity contribution is 5.94. The van der Waals surface area contributed by atoms with Gasteiger partial charge in [-0.15, -0.1) is 0 Å². The van der Waals surface area contributed by atoms with E-state index in [1.807, 2.05) is 36.1 Å². The summed E-state index contributed by atoms with van der Waals surface area (Å²) in [7, 11) is 0. The number of aromatic nitrogens is 4. The standard InChI is InChI=1S/C23H27N7O/c1-17-15-21(28-9-5-2-6-10-28)27-23(25-17)30-13-11-29(12-14-30)22(31)20-16-24-18-7-3-4-8-19(18)26-20/h3-4,7-8,15-16H,2,5-6,9-14H2,1H3. The summed E-state index contributed by atoms with van der Waals surface area (Å²) in [6.45, 7) is 6.78. The van der Waals surface area contributed by atoms with Crippen molar-refractivity contribution in [3.63, 3.8) is 0 Å². The Balaban J connectivity index is 1.27. The van der Waals surface area contributed by atoms with E-state index in [2.05, 4.69) is 30.8 Å². The topological polar surface area (TPSA) is 78.4 Å². The van der Waals surface area contributed by atoms with Gasteiger partial charge in [0.05, 0.1) is 17.2 Å². The monoisotopic (exact) mass is 417 g/mol. The molecule has 2 aliphatic rings. The number of fused-ring (bicyclic) bond motifs is 1. The van der Waals surface area contributed by atoms with E-state index in [9.17, 15) is 4.79 Å². The summed E-state index contributed by atoms with van der Waals surface area (Å²) in [6.07, 6.45) is 5.31. The zero-order valence-corrected chi connectivity index (χ0v) is 17.9. The lowest BCUT2D eigenvalue weighted by atomic mass is 10.1. The molecule has 3 aromatic rings. The highest BCUT2D eigenvalue weighted by Crippen LogP contribution is 2.22. The van der Waals surface area contributed by atoms with Crippen molar-refractivity contribution < 1.29 is 4.79 Å². The third kappa shape index (κ3) is 4.15. The Bertz CT molecular complexity index is 1090. The molecular formula is C23H27N7O. The van der Waals surface area contributed by atoms with Crippen molar-refractivity contribution in [2.45, 2.75) is 26.2 Å². The fourth-order valence-corrected chi connectivity index (χ4v) is 4.29. The first-order valence-corrected chi connectivity index (χ1v) is 11.0. The van der Waals surface area contributed by atoms with Crippen molar-refractivity contribution in [1.82, 2.24) is 24.8 Å². The zero-order valence-electron chi connectivity index (χ0n) is 17.9. The lowest BCUT2D eigenvalue weighted by Crippen LogP contribution is -2.49. The fraction of sp³-hybridized carbons (Fsp3) is 0.435. The zero-order chi connectivity index (χ0) is 21.2. The first-order chi connectivity index (χ1) is 15.2. The maximum absolute atomic E-state index is 13.0. The molecule has 0 radical (unpaired) electrons. The van der Waals surface area contributed by atoms with Gasteiger partial charge in [-0.3, -0.25) is 9.78 Å². The minimum atomic E-state index is -0.0722. The van der Waals surface area contributed by atoms with Gasteiger partial charge in [-0.05, 0) is 38.3 Å². The molecule has 0 saturated carbocycles. The highest BCUT2D eigenvalue weighted by atomic mass is 16.2. The van der Waals surface area contributed by atoms with Crippen molar-refractivity contribution in [2.75, 3.05) is 49.1 Å². The maximum Gasteiger partial charge on any atom is 0.274 e. The number of piperazine rings is 1. The first-order valence-electron chi connectivity index (χ1n) is 11.0. The second-order valence-corrected chi connectivity index (χ2v) is 8.24. The summed E-state index contributed by atoms with van der Waals surface area (Å²) in [6, 6.07) is 9.68. The predicted molar refractivity (Wildman–Crippen MR) is 120 cm³/mol. The summed E-state index contributed by atoms with van der Waals surface area (Å²) in [5.41, 5.74) is 2.91. The van der Waals surface area contributed by atoms with Gasteiger partial charge in [-0.2, -0.15) is 4.98 Å². The Morgan fingerprint density at radius 3 is 2.35 bits per heavy atom. The second-order valence-electron chi connectivity index (χ2n) is 8.24. The Labute approximate surface area is 181 Å². The summed E-state index contributed by atoms with van der Waals surface area (Å²) in [4.78, 5) is 37.8. The number of carbonyl (C=O) groups is 1. The molecule has 0 bridgehead atoms. The summed E-state index contributed by atoms with van der Waals surface area (Å²) >= 11 is 0. The summed E-state index contributed by atoms with van der Waals surface area (Å²) < 4.78 is 0. The quantitative estimate of drug-likeness (QED) is 0.648. The van der Waals surface area contributed by atoms with E-state index in [4.69, 9.17) is 4.98 Å². The van der Waals surface area contributed by atoms with Crippen molar-refractivity contribution in [3.05, 3.63) is 47.9 Å². The number of hydrogen-bond donors (Lipinski definition) is 0. The molecule has 1 aromatic carbocycles. The van der Waals surface area contributed by atoms with Crippen LogP contribution in [0.5, 0.6) is 0 Å². The van der Waals surface area contributed by atoms with E-state index >= 15 is 0 Å². The number of nitrogens with zero attached hydrogens (tertiary/aromatic N) is 7. The largest absolute Gasteiger partial charge is 0.356 e. The first kappa shape index (κ1) is 19.7. The predicted octanol–water partition coefficient (Wildman–Crippen LogP) is 2.68. The molecule has 0 N–H and O–H groups in total. The smallest absolute Gasteiger partial charge is 0.274 e. The van der Waals surface area contributed by atoms with Crippen LogP contribution in [0.25, 0.3) is 11.0 Å². The normalized spacial score (nSPS) is 17.3. The van der Waals surface area contributed by atoms with Gasteiger partial charge in [-0.1, -0.05) is 12.1 Å². The van der Waals surface area contributed by atoms with E-state index in [1.165, 1.54) is 19.3 Å². The molecule has 4 heterocycles. The van der Waals surface area contributed by atoms with E-state index in [0.29, 0.717) is 31.9 Å². The van der Waals surface area contributed by atoms with Crippen LogP contribution < -0.4 is 9.80 Å². The van der Waals surface area contributed by atoms with Gasteiger partial charge in [0.2, 0.25) is 5.95 Å². The van der Waals surface area contributed by atoms with Gasteiger partial charge in [-0.25, -0.2) is 9.97 Å². The number of aryl methyl sites for hydroxylation is 1. The lowest BCUT2D eigenvalue weighted by molar-refractivity contribution is 0.0740. The third-order valence-electron chi connectivity index (χ3n) is 6.03. The number of piperidine rings is 1. The van der Waals surface area contributed by atoms with E-state index in [1.54, 1.807) is 6.20 Å². The minimum Gasteiger partial charge on any atom is -0.356 e. The molecule has 0 spiro atoms. The molecule has 2 aromatic heterocycles. The van der Waals surface area contributed by atoms with Crippen LogP contribution in [-0.4, -0.2) is 70.0 Å². The van der Waals surface area contributed by atoms with Crippen LogP contribution in [0.3, 0.4) is 0 Å². The van der Waals surface area contributed by atoms with Crippen molar-refractivity contribution in [1.29, 1.82) is 0 Å². The van der Waals surface area contributed by atoms with E-state index in [0.717, 1.165) is 41.6 Å². The van der Waals surface area contributed by atoms with E-state index in [-0.39, 0.29) is 5.91 Å². The summed E-state index contributed by atoms with van der Waals surface area (Å²) in [5, 5.41) is 0. The Morgan fingerprint density at radius 2 is 1.58 bits per heavy atom. The molecule has 2 aliphatic heterocycles. The fourth-order valence-electron chi connectivity index (χ4n) is 4.29. The van der Waals surface area contributed by atoms with Crippen LogP contribution in [0, 0.1) is 6.92 Å². The van der Waals surface area contributed by atoms with Crippen LogP contribution >= 0.6 is 0 Å². The number of carbonyl (C=O) groups excluding carboxylic acids is 1. The van der Waals surface area contributed by atoms with Gasteiger partial charge in [0.15, 0.2) is 0 Å². The van der Waals surface area contributed by atoms with Gasteiger partial charge in [0, 0.05) is 51.0 Å².